The monoisotopic (exact) mass is 258 g/mol. The topological polar surface area (TPSA) is 71.3 Å². The average Bonchev–Trinajstić information content (AvgIpc) is 2.46. The maximum Gasteiger partial charge on any atom is 0.350 e. The molecule has 0 unspecified atom stereocenters. The van der Waals surface area contributed by atoms with Gasteiger partial charge < -0.3 is 14.8 Å². The molecular formula is C14H14N2O3. The van der Waals surface area contributed by atoms with E-state index in [1.54, 1.807) is 30.3 Å². The molecule has 1 aromatic rings. The van der Waals surface area contributed by atoms with Gasteiger partial charge in [0.05, 0.1) is 12.8 Å². The van der Waals surface area contributed by atoms with Crippen LogP contribution >= 0.6 is 0 Å². The smallest absolute Gasteiger partial charge is 0.350 e. The van der Waals surface area contributed by atoms with Crippen LogP contribution in [0.25, 0.3) is 0 Å². The van der Waals surface area contributed by atoms with Crippen LogP contribution in [0.15, 0.2) is 48.7 Å². The number of hydrogen-bond acceptors (Lipinski definition) is 5. The van der Waals surface area contributed by atoms with E-state index in [-0.39, 0.29) is 5.57 Å². The van der Waals surface area contributed by atoms with E-state index in [1.807, 2.05) is 6.07 Å². The summed E-state index contributed by atoms with van der Waals surface area (Å²) in [6.45, 7) is 3.93. The Morgan fingerprint density at radius 3 is 2.89 bits per heavy atom. The van der Waals surface area contributed by atoms with Gasteiger partial charge in [-0.05, 0) is 12.1 Å². The SMILES string of the molecule is C=CCOc1ccccc1N/C=C(/C#N)C(=O)OC. The Hall–Kier alpha value is -2.74. The second-order valence-corrected chi connectivity index (χ2v) is 3.40. The lowest BCUT2D eigenvalue weighted by atomic mass is 10.2. The first kappa shape index (κ1) is 14.3. The van der Waals surface area contributed by atoms with Crippen molar-refractivity contribution in [2.75, 3.05) is 19.0 Å². The molecule has 1 aromatic carbocycles. The molecular weight excluding hydrogens is 244 g/mol. The number of nitrogens with one attached hydrogen (secondary N) is 1. The molecule has 1 rings (SSSR count). The van der Waals surface area contributed by atoms with E-state index in [4.69, 9.17) is 10.00 Å². The number of nitriles is 1. The number of ether oxygens (including phenoxy) is 2. The highest BCUT2D eigenvalue weighted by Crippen LogP contribution is 2.23. The van der Waals surface area contributed by atoms with Crippen molar-refractivity contribution in [1.29, 1.82) is 5.26 Å². The Labute approximate surface area is 111 Å². The Balaban J connectivity index is 2.87. The summed E-state index contributed by atoms with van der Waals surface area (Å²) < 4.78 is 9.90. The minimum absolute atomic E-state index is 0.124. The number of para-hydroxylation sites is 2. The molecule has 1 N–H and O–H groups in total. The van der Waals surface area contributed by atoms with E-state index in [9.17, 15) is 4.79 Å². The van der Waals surface area contributed by atoms with E-state index in [1.165, 1.54) is 13.3 Å². The predicted molar refractivity (Wildman–Crippen MR) is 71.5 cm³/mol. The average molecular weight is 258 g/mol. The zero-order valence-corrected chi connectivity index (χ0v) is 10.6. The van der Waals surface area contributed by atoms with Crippen LogP contribution in [-0.2, 0) is 9.53 Å². The van der Waals surface area contributed by atoms with Crippen molar-refractivity contribution >= 4 is 11.7 Å². The third-order valence-electron chi connectivity index (χ3n) is 2.14. The van der Waals surface area contributed by atoms with Gasteiger partial charge in [-0.1, -0.05) is 24.8 Å². The quantitative estimate of drug-likeness (QED) is 0.367. The third kappa shape index (κ3) is 4.21. The number of methoxy groups -OCH3 is 1. The second kappa shape index (κ2) is 7.56. The molecule has 5 heteroatoms. The molecule has 19 heavy (non-hydrogen) atoms. The Morgan fingerprint density at radius 1 is 1.53 bits per heavy atom. The standard InChI is InChI=1S/C14H14N2O3/c1-3-8-19-13-7-5-4-6-12(13)16-10-11(9-15)14(17)18-2/h3-7,10,16H,1,8H2,2H3/b11-10-. The number of benzene rings is 1. The van der Waals surface area contributed by atoms with E-state index < -0.39 is 5.97 Å². The highest BCUT2D eigenvalue weighted by molar-refractivity contribution is 5.93. The van der Waals surface area contributed by atoms with Gasteiger partial charge in [-0.25, -0.2) is 4.79 Å². The van der Waals surface area contributed by atoms with E-state index in [0.29, 0.717) is 18.0 Å². The fourth-order valence-electron chi connectivity index (χ4n) is 1.26. The van der Waals surface area contributed by atoms with Crippen LogP contribution in [0.5, 0.6) is 5.75 Å². The van der Waals surface area contributed by atoms with Crippen LogP contribution in [-0.4, -0.2) is 19.7 Å². The van der Waals surface area contributed by atoms with Gasteiger partial charge in [0.2, 0.25) is 0 Å². The maximum atomic E-state index is 11.2. The van der Waals surface area contributed by atoms with Crippen molar-refractivity contribution in [3.63, 3.8) is 0 Å². The normalized spacial score (nSPS) is 10.2. The maximum absolute atomic E-state index is 11.2. The fourth-order valence-corrected chi connectivity index (χ4v) is 1.26. The number of anilines is 1. The Bertz CT molecular complexity index is 530. The van der Waals surface area contributed by atoms with E-state index in [2.05, 4.69) is 16.6 Å². The summed E-state index contributed by atoms with van der Waals surface area (Å²) in [5.41, 5.74) is 0.516. The van der Waals surface area contributed by atoms with Crippen molar-refractivity contribution in [3.8, 4) is 11.8 Å². The number of nitrogens with zero attached hydrogens (tertiary/aromatic N) is 1. The van der Waals surface area contributed by atoms with Gasteiger partial charge in [-0.3, -0.25) is 0 Å². The van der Waals surface area contributed by atoms with Gasteiger partial charge in [0.1, 0.15) is 18.4 Å². The van der Waals surface area contributed by atoms with Gasteiger partial charge in [-0.2, -0.15) is 5.26 Å². The van der Waals surface area contributed by atoms with Gasteiger partial charge >= 0.3 is 5.97 Å². The lowest BCUT2D eigenvalue weighted by molar-refractivity contribution is -0.135. The fraction of sp³-hybridized carbons (Fsp3) is 0.143. The number of carbonyl (C=O) groups is 1. The van der Waals surface area contributed by atoms with Crippen LogP contribution in [0.3, 0.4) is 0 Å². The molecule has 0 saturated carbocycles. The number of esters is 1. The van der Waals surface area contributed by atoms with Crippen LogP contribution in [0.4, 0.5) is 5.69 Å². The van der Waals surface area contributed by atoms with Crippen LogP contribution in [0.1, 0.15) is 0 Å². The Morgan fingerprint density at radius 2 is 2.26 bits per heavy atom. The Kier molecular flexibility index (Phi) is 5.70. The molecule has 98 valence electrons. The molecule has 0 fully saturated rings. The van der Waals surface area contributed by atoms with Crippen LogP contribution < -0.4 is 10.1 Å². The van der Waals surface area contributed by atoms with Crippen LogP contribution in [0, 0.1) is 11.3 Å². The summed E-state index contributed by atoms with van der Waals surface area (Å²) in [6, 6.07) is 8.91. The molecule has 0 atom stereocenters. The third-order valence-corrected chi connectivity index (χ3v) is 2.14. The molecule has 0 saturated heterocycles. The zero-order chi connectivity index (χ0) is 14.1. The van der Waals surface area contributed by atoms with Gasteiger partial charge in [0.25, 0.3) is 0 Å². The second-order valence-electron chi connectivity index (χ2n) is 3.40. The molecule has 0 amide bonds. The lowest BCUT2D eigenvalue weighted by Gasteiger charge is -2.09. The van der Waals surface area contributed by atoms with Crippen molar-refractivity contribution < 1.29 is 14.3 Å². The first-order chi connectivity index (χ1) is 9.22. The first-order valence-corrected chi connectivity index (χ1v) is 5.50. The number of carbonyl (C=O) groups excluding carboxylic acids is 1. The van der Waals surface area contributed by atoms with E-state index in [0.717, 1.165) is 0 Å². The molecule has 5 nitrogen and oxygen atoms in total. The summed E-state index contributed by atoms with van der Waals surface area (Å²) in [4.78, 5) is 11.2. The molecule has 0 heterocycles. The van der Waals surface area contributed by atoms with Gasteiger partial charge in [0, 0.05) is 6.20 Å². The van der Waals surface area contributed by atoms with E-state index >= 15 is 0 Å². The van der Waals surface area contributed by atoms with Crippen molar-refractivity contribution in [2.24, 2.45) is 0 Å². The lowest BCUT2D eigenvalue weighted by Crippen LogP contribution is -2.05. The molecule has 0 spiro atoms. The predicted octanol–water partition coefficient (Wildman–Crippen LogP) is 2.24. The van der Waals surface area contributed by atoms with Gasteiger partial charge in [0.15, 0.2) is 5.57 Å². The summed E-state index contributed by atoms with van der Waals surface area (Å²) in [6.07, 6.45) is 2.91. The van der Waals surface area contributed by atoms with Crippen LogP contribution in [0.2, 0.25) is 0 Å². The molecule has 0 radical (unpaired) electrons. The minimum atomic E-state index is -0.695. The summed E-state index contributed by atoms with van der Waals surface area (Å²) in [7, 11) is 1.22. The summed E-state index contributed by atoms with van der Waals surface area (Å²) >= 11 is 0. The highest BCUT2D eigenvalue weighted by Gasteiger charge is 2.08. The largest absolute Gasteiger partial charge is 0.487 e. The van der Waals surface area contributed by atoms with Crippen molar-refractivity contribution in [3.05, 3.63) is 48.7 Å². The van der Waals surface area contributed by atoms with Gasteiger partial charge in [-0.15, -0.1) is 0 Å². The summed E-state index contributed by atoms with van der Waals surface area (Å²) in [5.74, 6) is -0.0969. The van der Waals surface area contributed by atoms with Crippen molar-refractivity contribution in [1.82, 2.24) is 0 Å². The molecule has 0 aromatic heterocycles. The number of hydrogen-bond donors (Lipinski definition) is 1. The summed E-state index contributed by atoms with van der Waals surface area (Å²) in [5, 5.41) is 11.7. The molecule has 0 aliphatic carbocycles. The zero-order valence-electron chi connectivity index (χ0n) is 10.6. The first-order valence-electron chi connectivity index (χ1n) is 5.50. The van der Waals surface area contributed by atoms with Crippen molar-refractivity contribution in [2.45, 2.75) is 0 Å². The molecule has 0 bridgehead atoms. The molecule has 0 aliphatic heterocycles. The highest BCUT2D eigenvalue weighted by atomic mass is 16.5. The molecule has 0 aliphatic rings. The minimum Gasteiger partial charge on any atom is -0.487 e. The number of rotatable bonds is 6.